The van der Waals surface area contributed by atoms with Crippen molar-refractivity contribution in [3.63, 3.8) is 0 Å². The van der Waals surface area contributed by atoms with Crippen LogP contribution in [0.5, 0.6) is 0 Å². The van der Waals surface area contributed by atoms with E-state index >= 15 is 0 Å². The Labute approximate surface area is 99.9 Å². The summed E-state index contributed by atoms with van der Waals surface area (Å²) >= 11 is 0. The fourth-order valence-corrected chi connectivity index (χ4v) is 3.21. The van der Waals surface area contributed by atoms with Crippen LogP contribution in [0, 0.1) is 0 Å². The van der Waals surface area contributed by atoms with Crippen LogP contribution in [0.2, 0.25) is 0 Å². The van der Waals surface area contributed by atoms with Gasteiger partial charge in [0.1, 0.15) is 9.84 Å². The number of sulfone groups is 1. The van der Waals surface area contributed by atoms with E-state index in [1.54, 1.807) is 0 Å². The third-order valence-corrected chi connectivity index (χ3v) is 4.77. The predicted octanol–water partition coefficient (Wildman–Crippen LogP) is 2.12. The molecular weight excluding hydrogens is 222 g/mol. The van der Waals surface area contributed by atoms with E-state index in [0.717, 1.165) is 44.7 Å². The van der Waals surface area contributed by atoms with Crippen LogP contribution in [-0.2, 0) is 9.84 Å². The summed E-state index contributed by atoms with van der Waals surface area (Å²) in [5.74, 6) is 0.764. The molecule has 0 spiro atoms. The minimum Gasteiger partial charge on any atom is -0.314 e. The van der Waals surface area contributed by atoms with Crippen molar-refractivity contribution >= 4 is 9.84 Å². The van der Waals surface area contributed by atoms with Gasteiger partial charge in [0.2, 0.25) is 0 Å². The van der Waals surface area contributed by atoms with E-state index in [0.29, 0.717) is 11.5 Å². The van der Waals surface area contributed by atoms with Gasteiger partial charge in [-0.25, -0.2) is 8.42 Å². The lowest BCUT2D eigenvalue weighted by atomic mass is 10.3. The first-order valence-corrected chi connectivity index (χ1v) is 8.40. The highest BCUT2D eigenvalue weighted by Crippen LogP contribution is 2.18. The second-order valence-electron chi connectivity index (χ2n) is 4.79. The topological polar surface area (TPSA) is 46.2 Å². The molecule has 0 saturated heterocycles. The molecule has 0 aromatic carbocycles. The number of rotatable bonds is 10. The van der Waals surface area contributed by atoms with Crippen molar-refractivity contribution in [1.82, 2.24) is 5.32 Å². The van der Waals surface area contributed by atoms with Crippen LogP contribution in [0.3, 0.4) is 0 Å². The molecule has 0 radical (unpaired) electrons. The van der Waals surface area contributed by atoms with Crippen molar-refractivity contribution in [1.29, 1.82) is 0 Å². The molecule has 1 aliphatic carbocycles. The molecule has 0 amide bonds. The average molecular weight is 247 g/mol. The summed E-state index contributed by atoms with van der Waals surface area (Å²) < 4.78 is 23.2. The van der Waals surface area contributed by atoms with E-state index in [2.05, 4.69) is 12.2 Å². The molecule has 0 unspecified atom stereocenters. The zero-order valence-corrected chi connectivity index (χ0v) is 11.2. The predicted molar refractivity (Wildman–Crippen MR) is 68.4 cm³/mol. The molecule has 0 bridgehead atoms. The third-order valence-electron chi connectivity index (χ3n) is 2.95. The minimum atomic E-state index is -2.77. The molecule has 96 valence electrons. The quantitative estimate of drug-likeness (QED) is 0.602. The maximum Gasteiger partial charge on any atom is 0.150 e. The van der Waals surface area contributed by atoms with Crippen molar-refractivity contribution in [2.75, 3.05) is 18.1 Å². The first-order chi connectivity index (χ1) is 7.64. The molecule has 1 fully saturated rings. The summed E-state index contributed by atoms with van der Waals surface area (Å²) in [4.78, 5) is 0. The maximum absolute atomic E-state index is 11.6. The molecule has 3 nitrogen and oxygen atoms in total. The van der Waals surface area contributed by atoms with Crippen LogP contribution in [0.4, 0.5) is 0 Å². The summed E-state index contributed by atoms with van der Waals surface area (Å²) in [6.45, 7) is 3.07. The van der Waals surface area contributed by atoms with Gasteiger partial charge in [0.25, 0.3) is 0 Å². The zero-order valence-electron chi connectivity index (χ0n) is 10.4. The van der Waals surface area contributed by atoms with Crippen LogP contribution in [0.25, 0.3) is 0 Å². The molecular formula is C12H25NO2S. The molecule has 1 aliphatic rings. The molecule has 0 heterocycles. The van der Waals surface area contributed by atoms with Crippen LogP contribution in [0.1, 0.15) is 51.9 Å². The molecule has 4 heteroatoms. The standard InChI is InChI=1S/C12H25NO2S/c1-2-3-5-10-16(14,15)11-6-4-9-13-12-7-8-12/h12-13H,2-11H2,1H3. The summed E-state index contributed by atoms with van der Waals surface area (Å²) in [7, 11) is -2.77. The molecule has 1 rings (SSSR count). The van der Waals surface area contributed by atoms with Gasteiger partial charge in [-0.2, -0.15) is 0 Å². The smallest absolute Gasteiger partial charge is 0.150 e. The molecule has 0 aromatic heterocycles. The fraction of sp³-hybridized carbons (Fsp3) is 1.00. The highest BCUT2D eigenvalue weighted by Gasteiger charge is 2.19. The highest BCUT2D eigenvalue weighted by molar-refractivity contribution is 7.91. The molecule has 0 aliphatic heterocycles. The van der Waals surface area contributed by atoms with E-state index in [4.69, 9.17) is 0 Å². The van der Waals surface area contributed by atoms with Crippen LogP contribution >= 0.6 is 0 Å². The van der Waals surface area contributed by atoms with Crippen molar-refractivity contribution in [2.24, 2.45) is 0 Å². The van der Waals surface area contributed by atoms with Crippen molar-refractivity contribution in [3.05, 3.63) is 0 Å². The SMILES string of the molecule is CCCCCS(=O)(=O)CCCCNC1CC1. The van der Waals surface area contributed by atoms with Gasteiger partial charge in [-0.15, -0.1) is 0 Å². The number of unbranched alkanes of at least 4 members (excludes halogenated alkanes) is 3. The van der Waals surface area contributed by atoms with Gasteiger partial charge in [0.05, 0.1) is 11.5 Å². The Morgan fingerprint density at radius 1 is 1.06 bits per heavy atom. The largest absolute Gasteiger partial charge is 0.314 e. The lowest BCUT2D eigenvalue weighted by Gasteiger charge is -2.04. The molecule has 0 aromatic rings. The lowest BCUT2D eigenvalue weighted by Crippen LogP contribution is -2.19. The summed E-state index contributed by atoms with van der Waals surface area (Å²) in [6, 6.07) is 0.737. The average Bonchev–Trinajstić information content (AvgIpc) is 3.01. The fourth-order valence-electron chi connectivity index (χ4n) is 1.71. The Hall–Kier alpha value is -0.0900. The van der Waals surface area contributed by atoms with Crippen LogP contribution < -0.4 is 5.32 Å². The van der Waals surface area contributed by atoms with Gasteiger partial charge in [-0.1, -0.05) is 19.8 Å². The summed E-state index contributed by atoms with van der Waals surface area (Å²) in [5, 5.41) is 3.40. The molecule has 1 N–H and O–H groups in total. The van der Waals surface area contributed by atoms with Gasteiger partial charge >= 0.3 is 0 Å². The number of hydrogen-bond donors (Lipinski definition) is 1. The second kappa shape index (κ2) is 7.28. The normalized spacial score (nSPS) is 16.6. The molecule has 1 saturated carbocycles. The Morgan fingerprint density at radius 2 is 1.69 bits per heavy atom. The van der Waals surface area contributed by atoms with Crippen molar-refractivity contribution in [3.8, 4) is 0 Å². The van der Waals surface area contributed by atoms with E-state index in [-0.39, 0.29) is 0 Å². The second-order valence-corrected chi connectivity index (χ2v) is 7.10. The lowest BCUT2D eigenvalue weighted by molar-refractivity contribution is 0.582. The maximum atomic E-state index is 11.6. The van der Waals surface area contributed by atoms with Gasteiger partial charge in [-0.3, -0.25) is 0 Å². The van der Waals surface area contributed by atoms with Gasteiger partial charge in [0, 0.05) is 6.04 Å². The molecule has 0 atom stereocenters. The Balaban J connectivity index is 1.96. The van der Waals surface area contributed by atoms with Crippen LogP contribution in [0.15, 0.2) is 0 Å². The summed E-state index contributed by atoms with van der Waals surface area (Å²) in [6.07, 6.45) is 7.35. The van der Waals surface area contributed by atoms with E-state index in [1.807, 2.05) is 0 Å². The van der Waals surface area contributed by atoms with Crippen LogP contribution in [-0.4, -0.2) is 32.5 Å². The Kier molecular flexibility index (Phi) is 6.36. The summed E-state index contributed by atoms with van der Waals surface area (Å²) in [5.41, 5.74) is 0. The van der Waals surface area contributed by atoms with Gasteiger partial charge in [0.15, 0.2) is 0 Å². The van der Waals surface area contributed by atoms with Crippen molar-refractivity contribution < 1.29 is 8.42 Å². The number of nitrogens with one attached hydrogen (secondary N) is 1. The monoisotopic (exact) mass is 247 g/mol. The van der Waals surface area contributed by atoms with E-state index in [1.165, 1.54) is 12.8 Å². The van der Waals surface area contributed by atoms with Gasteiger partial charge < -0.3 is 5.32 Å². The first kappa shape index (κ1) is 14.0. The van der Waals surface area contributed by atoms with Crippen molar-refractivity contribution in [2.45, 2.75) is 57.9 Å². The van der Waals surface area contributed by atoms with Gasteiger partial charge in [-0.05, 0) is 38.6 Å². The highest BCUT2D eigenvalue weighted by atomic mass is 32.2. The van der Waals surface area contributed by atoms with E-state index < -0.39 is 9.84 Å². The zero-order chi connectivity index (χ0) is 11.9. The molecule has 16 heavy (non-hydrogen) atoms. The van der Waals surface area contributed by atoms with E-state index in [9.17, 15) is 8.42 Å². The first-order valence-electron chi connectivity index (χ1n) is 6.58. The minimum absolute atomic E-state index is 0.378. The Morgan fingerprint density at radius 3 is 2.25 bits per heavy atom. The third kappa shape index (κ3) is 7.23. The number of hydrogen-bond acceptors (Lipinski definition) is 3. The Bertz CT molecular complexity index is 271.